The summed E-state index contributed by atoms with van der Waals surface area (Å²) in [4.78, 5) is 14.3. The summed E-state index contributed by atoms with van der Waals surface area (Å²) < 4.78 is 0. The first-order valence-electron chi connectivity index (χ1n) is 6.69. The van der Waals surface area contributed by atoms with Crippen LogP contribution in [0.15, 0.2) is 42.6 Å². The standard InChI is InChI=1S/C15H13N3O2/c19-18(20)10-5-6-13(16-8-10)17-15-12-7-9-3-1-2-4-11(9)14(12)15/h1-6,8,12,14-15H,7H2,(H,16,17)/t12-,14+,15-/m1/s1. The molecule has 1 aromatic carbocycles. The van der Waals surface area contributed by atoms with Crippen LogP contribution in [0.25, 0.3) is 0 Å². The molecule has 0 amide bonds. The summed E-state index contributed by atoms with van der Waals surface area (Å²) >= 11 is 0. The monoisotopic (exact) mass is 267 g/mol. The Labute approximate surface area is 115 Å². The molecule has 1 heterocycles. The number of fused-ring (bicyclic) bond motifs is 3. The fraction of sp³-hybridized carbons (Fsp3) is 0.267. The van der Waals surface area contributed by atoms with Crippen LogP contribution in [0.1, 0.15) is 17.0 Å². The summed E-state index contributed by atoms with van der Waals surface area (Å²) in [6.45, 7) is 0. The van der Waals surface area contributed by atoms with Crippen molar-refractivity contribution in [1.82, 2.24) is 4.98 Å². The van der Waals surface area contributed by atoms with Crippen molar-refractivity contribution in [2.24, 2.45) is 5.92 Å². The van der Waals surface area contributed by atoms with Crippen molar-refractivity contribution in [3.05, 3.63) is 63.8 Å². The van der Waals surface area contributed by atoms with Crippen molar-refractivity contribution in [2.75, 3.05) is 5.32 Å². The molecule has 5 nitrogen and oxygen atoms in total. The molecular weight excluding hydrogens is 254 g/mol. The molecule has 0 aliphatic heterocycles. The zero-order valence-electron chi connectivity index (χ0n) is 10.7. The molecule has 0 bridgehead atoms. The average molecular weight is 267 g/mol. The molecule has 5 heteroatoms. The van der Waals surface area contributed by atoms with Gasteiger partial charge in [-0.15, -0.1) is 0 Å². The van der Waals surface area contributed by atoms with Gasteiger partial charge in [-0.2, -0.15) is 0 Å². The quantitative estimate of drug-likeness (QED) is 0.685. The second-order valence-electron chi connectivity index (χ2n) is 5.42. The van der Waals surface area contributed by atoms with Crippen LogP contribution in [0.5, 0.6) is 0 Å². The molecule has 0 saturated heterocycles. The van der Waals surface area contributed by atoms with Gasteiger partial charge in [0.25, 0.3) is 5.69 Å². The highest BCUT2D eigenvalue weighted by molar-refractivity contribution is 5.51. The van der Waals surface area contributed by atoms with Crippen LogP contribution in [-0.4, -0.2) is 15.9 Å². The van der Waals surface area contributed by atoms with Crippen molar-refractivity contribution < 1.29 is 4.92 Å². The lowest BCUT2D eigenvalue weighted by Gasteiger charge is -2.09. The van der Waals surface area contributed by atoms with E-state index < -0.39 is 4.92 Å². The van der Waals surface area contributed by atoms with E-state index in [4.69, 9.17) is 0 Å². The van der Waals surface area contributed by atoms with E-state index in [0.29, 0.717) is 23.7 Å². The van der Waals surface area contributed by atoms with Crippen molar-refractivity contribution in [3.63, 3.8) is 0 Å². The minimum Gasteiger partial charge on any atom is -0.366 e. The Morgan fingerprint density at radius 1 is 1.25 bits per heavy atom. The van der Waals surface area contributed by atoms with Gasteiger partial charge in [-0.1, -0.05) is 24.3 Å². The fourth-order valence-electron chi connectivity index (χ4n) is 3.30. The summed E-state index contributed by atoms with van der Waals surface area (Å²) in [5.74, 6) is 1.93. The third kappa shape index (κ3) is 1.66. The zero-order chi connectivity index (χ0) is 13.7. The number of hydrogen-bond donors (Lipinski definition) is 1. The average Bonchev–Trinajstić information content (AvgIpc) is 2.97. The van der Waals surface area contributed by atoms with Crippen LogP contribution in [0.3, 0.4) is 0 Å². The predicted octanol–water partition coefficient (Wildman–Crippen LogP) is 2.74. The van der Waals surface area contributed by atoms with E-state index in [2.05, 4.69) is 34.6 Å². The van der Waals surface area contributed by atoms with Crippen LogP contribution in [0.2, 0.25) is 0 Å². The van der Waals surface area contributed by atoms with Crippen LogP contribution in [-0.2, 0) is 6.42 Å². The van der Waals surface area contributed by atoms with E-state index in [-0.39, 0.29) is 5.69 Å². The number of rotatable bonds is 3. The number of benzene rings is 1. The van der Waals surface area contributed by atoms with Crippen molar-refractivity contribution in [3.8, 4) is 0 Å². The normalized spacial score (nSPS) is 25.7. The van der Waals surface area contributed by atoms with E-state index in [0.717, 1.165) is 6.42 Å². The summed E-state index contributed by atoms with van der Waals surface area (Å²) in [5.41, 5.74) is 2.92. The molecule has 4 rings (SSSR count). The minimum absolute atomic E-state index is 0.0249. The predicted molar refractivity (Wildman–Crippen MR) is 74.7 cm³/mol. The SMILES string of the molecule is O=[N+]([O-])c1ccc(N[C@@H]2[C@@H]3Cc4ccccc4[C@@H]32)nc1. The smallest absolute Gasteiger partial charge is 0.287 e. The van der Waals surface area contributed by atoms with E-state index in [1.165, 1.54) is 23.4 Å². The first-order valence-corrected chi connectivity index (χ1v) is 6.69. The van der Waals surface area contributed by atoms with Gasteiger partial charge in [-0.25, -0.2) is 4.98 Å². The lowest BCUT2D eigenvalue weighted by atomic mass is 10.1. The molecule has 0 radical (unpaired) electrons. The van der Waals surface area contributed by atoms with Gasteiger partial charge in [-0.05, 0) is 29.5 Å². The highest BCUT2D eigenvalue weighted by Crippen LogP contribution is 2.57. The Morgan fingerprint density at radius 2 is 2.10 bits per heavy atom. The van der Waals surface area contributed by atoms with E-state index in [1.54, 1.807) is 6.07 Å². The van der Waals surface area contributed by atoms with Gasteiger partial charge in [0.1, 0.15) is 12.0 Å². The second kappa shape index (κ2) is 4.03. The van der Waals surface area contributed by atoms with Crippen LogP contribution in [0, 0.1) is 16.0 Å². The van der Waals surface area contributed by atoms with Gasteiger partial charge in [0.2, 0.25) is 0 Å². The van der Waals surface area contributed by atoms with E-state index >= 15 is 0 Å². The molecule has 1 fully saturated rings. The van der Waals surface area contributed by atoms with Crippen molar-refractivity contribution in [1.29, 1.82) is 0 Å². The summed E-state index contributed by atoms with van der Waals surface area (Å²) in [7, 11) is 0. The molecule has 2 aliphatic rings. The molecule has 0 spiro atoms. The number of anilines is 1. The minimum atomic E-state index is -0.432. The van der Waals surface area contributed by atoms with Gasteiger partial charge < -0.3 is 5.32 Å². The first-order chi connectivity index (χ1) is 9.74. The fourth-order valence-corrected chi connectivity index (χ4v) is 3.30. The summed E-state index contributed by atoms with van der Waals surface area (Å²) in [6, 6.07) is 12.1. The Bertz CT molecular complexity index is 684. The maximum atomic E-state index is 10.6. The Hall–Kier alpha value is -2.43. The number of hydrogen-bond acceptors (Lipinski definition) is 4. The molecule has 1 saturated carbocycles. The topological polar surface area (TPSA) is 68.1 Å². The van der Waals surface area contributed by atoms with E-state index in [9.17, 15) is 10.1 Å². The Kier molecular flexibility index (Phi) is 2.30. The van der Waals surface area contributed by atoms with Crippen molar-refractivity contribution >= 4 is 11.5 Å². The van der Waals surface area contributed by atoms with Crippen LogP contribution < -0.4 is 5.32 Å². The molecule has 20 heavy (non-hydrogen) atoms. The van der Waals surface area contributed by atoms with E-state index in [1.807, 2.05) is 0 Å². The molecule has 0 unspecified atom stereocenters. The van der Waals surface area contributed by atoms with Gasteiger partial charge in [0, 0.05) is 18.0 Å². The zero-order valence-corrected chi connectivity index (χ0v) is 10.7. The molecule has 2 aliphatic carbocycles. The Balaban J connectivity index is 1.49. The largest absolute Gasteiger partial charge is 0.366 e. The second-order valence-corrected chi connectivity index (χ2v) is 5.42. The lowest BCUT2D eigenvalue weighted by molar-refractivity contribution is -0.385. The highest BCUT2D eigenvalue weighted by Gasteiger charge is 2.55. The number of aromatic nitrogens is 1. The molecule has 1 aromatic heterocycles. The van der Waals surface area contributed by atoms with Crippen LogP contribution in [0.4, 0.5) is 11.5 Å². The summed E-state index contributed by atoms with van der Waals surface area (Å²) in [6.07, 6.45) is 2.42. The molecule has 1 N–H and O–H groups in total. The number of nitrogens with one attached hydrogen (secondary N) is 1. The molecular formula is C15H13N3O2. The number of nitrogens with zero attached hydrogens (tertiary/aromatic N) is 2. The maximum absolute atomic E-state index is 10.6. The third-order valence-electron chi connectivity index (χ3n) is 4.31. The number of pyridine rings is 1. The third-order valence-corrected chi connectivity index (χ3v) is 4.31. The molecule has 2 aromatic rings. The van der Waals surface area contributed by atoms with Crippen molar-refractivity contribution in [2.45, 2.75) is 18.4 Å². The molecule has 3 atom stereocenters. The maximum Gasteiger partial charge on any atom is 0.287 e. The Morgan fingerprint density at radius 3 is 2.85 bits per heavy atom. The van der Waals surface area contributed by atoms with Gasteiger partial charge in [0.15, 0.2) is 0 Å². The first kappa shape index (κ1) is 11.4. The molecule has 100 valence electrons. The van der Waals surface area contributed by atoms with Gasteiger partial charge in [-0.3, -0.25) is 10.1 Å². The summed E-state index contributed by atoms with van der Waals surface area (Å²) in [5, 5.41) is 14.0. The highest BCUT2D eigenvalue weighted by atomic mass is 16.6. The lowest BCUT2D eigenvalue weighted by Crippen LogP contribution is -2.10. The number of nitro groups is 1. The van der Waals surface area contributed by atoms with Crippen LogP contribution >= 0.6 is 0 Å². The van der Waals surface area contributed by atoms with Gasteiger partial charge >= 0.3 is 0 Å². The van der Waals surface area contributed by atoms with Gasteiger partial charge in [0.05, 0.1) is 4.92 Å².